The van der Waals surface area contributed by atoms with E-state index >= 15 is 0 Å². The number of piperazine rings is 1. The molecule has 1 N–H and O–H groups in total. The van der Waals surface area contributed by atoms with E-state index in [-0.39, 0.29) is 17.3 Å². The molecular weight excluding hydrogens is 472 g/mol. The number of benzene rings is 2. The van der Waals surface area contributed by atoms with E-state index < -0.39 is 16.1 Å². The van der Waals surface area contributed by atoms with Gasteiger partial charge in [-0.3, -0.25) is 9.69 Å². The predicted octanol–water partition coefficient (Wildman–Crippen LogP) is 2.40. The standard InChI is InChI=1S/C21H25BrN2O5S/c1-16(25)17-5-7-20(8-6-17)29-15-19(26)14-23-9-11-24(12-10-23)30(27,28)21-4-2-3-18(22)13-21/h2-8,13,19,26H,9-12,14-15H2,1H3/t19-/m0/s1. The van der Waals surface area contributed by atoms with Crippen LogP contribution in [0.15, 0.2) is 57.9 Å². The van der Waals surface area contributed by atoms with Crippen LogP contribution in [0.1, 0.15) is 17.3 Å². The van der Waals surface area contributed by atoms with Crippen molar-refractivity contribution in [1.29, 1.82) is 0 Å². The van der Waals surface area contributed by atoms with E-state index in [0.717, 1.165) is 4.47 Å². The second kappa shape index (κ2) is 10.0. The number of hydrogen-bond donors (Lipinski definition) is 1. The number of sulfonamides is 1. The minimum absolute atomic E-state index is 0.0114. The molecular formula is C21H25BrN2O5S. The van der Waals surface area contributed by atoms with Crippen LogP contribution in [0.25, 0.3) is 0 Å². The first kappa shape index (κ1) is 22.9. The van der Waals surface area contributed by atoms with Crippen molar-refractivity contribution in [3.63, 3.8) is 0 Å². The SMILES string of the molecule is CC(=O)c1ccc(OC[C@@H](O)CN2CCN(S(=O)(=O)c3cccc(Br)c3)CC2)cc1. The molecule has 1 fully saturated rings. The summed E-state index contributed by atoms with van der Waals surface area (Å²) in [6.45, 7) is 3.84. The number of halogens is 1. The van der Waals surface area contributed by atoms with E-state index in [9.17, 15) is 18.3 Å². The van der Waals surface area contributed by atoms with Gasteiger partial charge >= 0.3 is 0 Å². The normalized spacial score (nSPS) is 16.9. The molecule has 7 nitrogen and oxygen atoms in total. The van der Waals surface area contributed by atoms with Crippen LogP contribution in [0.4, 0.5) is 0 Å². The molecule has 30 heavy (non-hydrogen) atoms. The van der Waals surface area contributed by atoms with Crippen molar-refractivity contribution >= 4 is 31.7 Å². The van der Waals surface area contributed by atoms with Crippen LogP contribution < -0.4 is 4.74 Å². The lowest BCUT2D eigenvalue weighted by molar-refractivity contribution is 0.0569. The van der Waals surface area contributed by atoms with Crippen LogP contribution in [0.2, 0.25) is 0 Å². The molecule has 0 aromatic heterocycles. The number of hydrogen-bond acceptors (Lipinski definition) is 6. The van der Waals surface area contributed by atoms with E-state index in [1.807, 2.05) is 4.90 Å². The molecule has 3 rings (SSSR count). The molecule has 2 aromatic rings. The topological polar surface area (TPSA) is 87.2 Å². The largest absolute Gasteiger partial charge is 0.491 e. The summed E-state index contributed by atoms with van der Waals surface area (Å²) >= 11 is 3.31. The summed E-state index contributed by atoms with van der Waals surface area (Å²) in [5.41, 5.74) is 0.610. The lowest BCUT2D eigenvalue weighted by Crippen LogP contribution is -2.50. The van der Waals surface area contributed by atoms with Gasteiger partial charge in [0.05, 0.1) is 4.90 Å². The van der Waals surface area contributed by atoms with Crippen LogP contribution in [-0.4, -0.2) is 73.9 Å². The number of rotatable bonds is 8. The van der Waals surface area contributed by atoms with Gasteiger partial charge in [0.2, 0.25) is 10.0 Å². The number of aliphatic hydroxyl groups is 1. The van der Waals surface area contributed by atoms with E-state index in [1.165, 1.54) is 11.2 Å². The molecule has 1 saturated heterocycles. The van der Waals surface area contributed by atoms with Crippen LogP contribution in [0.5, 0.6) is 5.75 Å². The van der Waals surface area contributed by atoms with Gasteiger partial charge in [0.15, 0.2) is 5.78 Å². The number of carbonyl (C=O) groups is 1. The van der Waals surface area contributed by atoms with Crippen molar-refractivity contribution in [1.82, 2.24) is 9.21 Å². The van der Waals surface area contributed by atoms with E-state index in [2.05, 4.69) is 15.9 Å². The fourth-order valence-corrected chi connectivity index (χ4v) is 5.28. The van der Waals surface area contributed by atoms with Gasteiger partial charge in [0.1, 0.15) is 18.5 Å². The van der Waals surface area contributed by atoms with Crippen LogP contribution in [0.3, 0.4) is 0 Å². The maximum atomic E-state index is 12.8. The minimum Gasteiger partial charge on any atom is -0.491 e. The summed E-state index contributed by atoms with van der Waals surface area (Å²) in [5.74, 6) is 0.576. The quantitative estimate of drug-likeness (QED) is 0.564. The molecule has 1 heterocycles. The summed E-state index contributed by atoms with van der Waals surface area (Å²) < 4.78 is 33.4. The second-order valence-corrected chi connectivity index (χ2v) is 10.1. The average Bonchev–Trinajstić information content (AvgIpc) is 2.73. The third-order valence-electron chi connectivity index (χ3n) is 4.94. The Labute approximate surface area is 185 Å². The average molecular weight is 497 g/mol. The van der Waals surface area contributed by atoms with Gasteiger partial charge in [-0.15, -0.1) is 0 Å². The molecule has 2 aromatic carbocycles. The highest BCUT2D eigenvalue weighted by atomic mass is 79.9. The number of β-amino-alcohol motifs (C(OH)–C–C–N with tert-alkyl or cyclic N) is 1. The van der Waals surface area contributed by atoms with Crippen LogP contribution in [0, 0.1) is 0 Å². The Kier molecular flexibility index (Phi) is 7.65. The number of ether oxygens (including phenoxy) is 1. The van der Waals surface area contributed by atoms with Crippen molar-refractivity contribution in [3.05, 3.63) is 58.6 Å². The van der Waals surface area contributed by atoms with Gasteiger partial charge < -0.3 is 9.84 Å². The second-order valence-electron chi connectivity index (χ2n) is 7.21. The van der Waals surface area contributed by atoms with Gasteiger partial charge in [0.25, 0.3) is 0 Å². The molecule has 1 aliphatic rings. The molecule has 0 unspecified atom stereocenters. The third kappa shape index (κ3) is 5.89. The molecule has 0 radical (unpaired) electrons. The van der Waals surface area contributed by atoms with Crippen LogP contribution in [-0.2, 0) is 10.0 Å². The zero-order valence-electron chi connectivity index (χ0n) is 16.7. The summed E-state index contributed by atoms with van der Waals surface area (Å²) in [4.78, 5) is 13.6. The third-order valence-corrected chi connectivity index (χ3v) is 7.33. The number of Topliss-reactive ketones (excluding diaryl/α,β-unsaturated/α-hetero) is 1. The summed E-state index contributed by atoms with van der Waals surface area (Å²) in [6.07, 6.45) is -0.703. The van der Waals surface area contributed by atoms with Crippen molar-refractivity contribution in [2.45, 2.75) is 17.9 Å². The number of nitrogens with zero attached hydrogens (tertiary/aromatic N) is 2. The Hall–Kier alpha value is -1.78. The van der Waals surface area contributed by atoms with Gasteiger partial charge in [-0.05, 0) is 49.4 Å². The van der Waals surface area contributed by atoms with Gasteiger partial charge in [-0.25, -0.2) is 8.42 Å². The molecule has 9 heteroatoms. The Morgan fingerprint density at radius 1 is 1.13 bits per heavy atom. The van der Waals surface area contributed by atoms with Crippen molar-refractivity contribution < 1.29 is 23.1 Å². The zero-order valence-corrected chi connectivity index (χ0v) is 19.1. The summed E-state index contributed by atoms with van der Waals surface area (Å²) in [7, 11) is -3.53. The Balaban J connectivity index is 1.46. The van der Waals surface area contributed by atoms with E-state index in [0.29, 0.717) is 44.0 Å². The predicted molar refractivity (Wildman–Crippen MR) is 117 cm³/mol. The molecule has 162 valence electrons. The lowest BCUT2D eigenvalue weighted by atomic mass is 10.1. The maximum absolute atomic E-state index is 12.8. The molecule has 0 amide bonds. The van der Waals surface area contributed by atoms with E-state index in [4.69, 9.17) is 4.74 Å². The van der Waals surface area contributed by atoms with Crippen molar-refractivity contribution in [2.75, 3.05) is 39.3 Å². The lowest BCUT2D eigenvalue weighted by Gasteiger charge is -2.34. The fourth-order valence-electron chi connectivity index (χ4n) is 3.26. The molecule has 0 aliphatic carbocycles. The highest BCUT2D eigenvalue weighted by molar-refractivity contribution is 9.10. The number of aliphatic hydroxyl groups excluding tert-OH is 1. The Morgan fingerprint density at radius 2 is 1.80 bits per heavy atom. The van der Waals surface area contributed by atoms with Gasteiger partial charge in [-0.2, -0.15) is 4.31 Å². The fraction of sp³-hybridized carbons (Fsp3) is 0.381. The smallest absolute Gasteiger partial charge is 0.243 e. The molecule has 0 spiro atoms. The van der Waals surface area contributed by atoms with Crippen molar-refractivity contribution in [3.8, 4) is 5.75 Å². The van der Waals surface area contributed by atoms with E-state index in [1.54, 1.807) is 48.5 Å². The minimum atomic E-state index is -3.53. The van der Waals surface area contributed by atoms with Gasteiger partial charge in [-0.1, -0.05) is 22.0 Å². The molecule has 0 saturated carbocycles. The maximum Gasteiger partial charge on any atom is 0.243 e. The van der Waals surface area contributed by atoms with Gasteiger partial charge in [0, 0.05) is 42.8 Å². The monoisotopic (exact) mass is 496 g/mol. The highest BCUT2D eigenvalue weighted by Crippen LogP contribution is 2.21. The summed E-state index contributed by atoms with van der Waals surface area (Å²) in [6, 6.07) is 13.5. The zero-order chi connectivity index (χ0) is 21.7. The molecule has 1 aliphatic heterocycles. The first-order valence-electron chi connectivity index (χ1n) is 9.65. The summed E-state index contributed by atoms with van der Waals surface area (Å²) in [5, 5.41) is 10.3. The van der Waals surface area contributed by atoms with Crippen molar-refractivity contribution in [2.24, 2.45) is 0 Å². The number of carbonyl (C=O) groups excluding carboxylic acids is 1. The molecule has 1 atom stereocenters. The first-order valence-corrected chi connectivity index (χ1v) is 11.9. The first-order chi connectivity index (χ1) is 14.3. The highest BCUT2D eigenvalue weighted by Gasteiger charge is 2.29. The Bertz CT molecular complexity index is 973. The number of ketones is 1. The van der Waals surface area contributed by atoms with Crippen LogP contribution >= 0.6 is 15.9 Å². The Morgan fingerprint density at radius 3 is 2.40 bits per heavy atom. The molecule has 0 bridgehead atoms.